The van der Waals surface area contributed by atoms with E-state index >= 15 is 0 Å². The lowest BCUT2D eigenvalue weighted by atomic mass is 10.3. The van der Waals surface area contributed by atoms with Gasteiger partial charge in [0.1, 0.15) is 0 Å². The van der Waals surface area contributed by atoms with Crippen LogP contribution in [0.1, 0.15) is 6.42 Å². The molecule has 0 aromatic rings. The Balaban J connectivity index is 2.20. The highest BCUT2D eigenvalue weighted by Crippen LogP contribution is 2.15. The lowest BCUT2D eigenvalue weighted by Crippen LogP contribution is -2.10. The molecule has 1 saturated heterocycles. The molecule has 0 aliphatic carbocycles. The van der Waals surface area contributed by atoms with Crippen molar-refractivity contribution in [2.45, 2.75) is 18.8 Å². The van der Waals surface area contributed by atoms with Crippen molar-refractivity contribution in [1.82, 2.24) is 0 Å². The molecule has 3 heteroatoms. The third kappa shape index (κ3) is 1.64. The normalized spacial score (nSPS) is 35.3. The lowest BCUT2D eigenvalue weighted by Gasteiger charge is -2.04. The molecule has 0 bridgehead atoms. The Labute approximate surface area is 54.9 Å². The van der Waals surface area contributed by atoms with Gasteiger partial charge in [0.05, 0.1) is 12.7 Å². The first-order chi connectivity index (χ1) is 4.36. The highest BCUT2D eigenvalue weighted by atomic mass is 16.7. The fourth-order valence-corrected chi connectivity index (χ4v) is 0.894. The number of hydrogen-bond donors (Lipinski definition) is 0. The van der Waals surface area contributed by atoms with Gasteiger partial charge in [-0.15, -0.1) is 0 Å². The molecule has 1 fully saturated rings. The van der Waals surface area contributed by atoms with Crippen molar-refractivity contribution in [2.75, 3.05) is 20.8 Å². The number of ether oxygens (including phenoxy) is 3. The highest BCUT2D eigenvalue weighted by molar-refractivity contribution is 4.66. The van der Waals surface area contributed by atoms with E-state index in [1.165, 1.54) is 0 Å². The Morgan fingerprint density at radius 3 is 2.44 bits per heavy atom. The quantitative estimate of drug-likeness (QED) is 0.544. The van der Waals surface area contributed by atoms with E-state index in [-0.39, 0.29) is 12.4 Å². The summed E-state index contributed by atoms with van der Waals surface area (Å²) in [5, 5.41) is 0. The van der Waals surface area contributed by atoms with Gasteiger partial charge in [-0.05, 0) is 0 Å². The monoisotopic (exact) mass is 132 g/mol. The summed E-state index contributed by atoms with van der Waals surface area (Å²) in [4.78, 5) is 0. The topological polar surface area (TPSA) is 27.7 Å². The third-order valence-electron chi connectivity index (χ3n) is 1.52. The SMILES string of the molecule is COC1C[C@@H](OC)CO1. The van der Waals surface area contributed by atoms with Crippen molar-refractivity contribution in [1.29, 1.82) is 0 Å². The summed E-state index contributed by atoms with van der Waals surface area (Å²) in [5.74, 6) is 0. The standard InChI is InChI=1S/C6H12O3/c1-7-5-3-6(8-2)9-4-5/h5-6H,3-4H2,1-2H3/t5-,6?/m1/s1. The molecule has 0 aromatic heterocycles. The minimum Gasteiger partial charge on any atom is -0.379 e. The van der Waals surface area contributed by atoms with Gasteiger partial charge in [0, 0.05) is 20.6 Å². The summed E-state index contributed by atoms with van der Waals surface area (Å²) in [6.07, 6.45) is 1.04. The second-order valence-electron chi connectivity index (χ2n) is 2.09. The van der Waals surface area contributed by atoms with Crippen LogP contribution < -0.4 is 0 Å². The van der Waals surface area contributed by atoms with E-state index < -0.39 is 0 Å². The van der Waals surface area contributed by atoms with E-state index in [1.54, 1.807) is 14.2 Å². The summed E-state index contributed by atoms with van der Waals surface area (Å²) in [6, 6.07) is 0. The van der Waals surface area contributed by atoms with Gasteiger partial charge in [-0.2, -0.15) is 0 Å². The van der Waals surface area contributed by atoms with E-state index in [4.69, 9.17) is 14.2 Å². The van der Waals surface area contributed by atoms with Crippen LogP contribution in [0.25, 0.3) is 0 Å². The van der Waals surface area contributed by atoms with Crippen molar-refractivity contribution in [3.63, 3.8) is 0 Å². The molecule has 0 spiro atoms. The third-order valence-corrected chi connectivity index (χ3v) is 1.52. The average Bonchev–Trinajstić information content (AvgIpc) is 2.34. The van der Waals surface area contributed by atoms with Crippen LogP contribution in [0.2, 0.25) is 0 Å². The van der Waals surface area contributed by atoms with E-state index in [0.29, 0.717) is 6.61 Å². The molecule has 0 aromatic carbocycles. The molecule has 9 heavy (non-hydrogen) atoms. The van der Waals surface area contributed by atoms with Gasteiger partial charge in [-0.3, -0.25) is 0 Å². The molecule has 0 N–H and O–H groups in total. The molecule has 54 valence electrons. The van der Waals surface area contributed by atoms with Gasteiger partial charge < -0.3 is 14.2 Å². The first-order valence-electron chi connectivity index (χ1n) is 3.04. The smallest absolute Gasteiger partial charge is 0.159 e. The Kier molecular flexibility index (Phi) is 2.45. The van der Waals surface area contributed by atoms with Gasteiger partial charge >= 0.3 is 0 Å². The maximum absolute atomic E-state index is 5.16. The van der Waals surface area contributed by atoms with Crippen LogP contribution in [0.4, 0.5) is 0 Å². The molecular formula is C6H12O3. The molecule has 1 rings (SSSR count). The summed E-state index contributed by atoms with van der Waals surface area (Å²) in [5.41, 5.74) is 0. The van der Waals surface area contributed by atoms with Gasteiger partial charge in [-0.25, -0.2) is 0 Å². The predicted molar refractivity (Wildman–Crippen MR) is 32.2 cm³/mol. The molecule has 0 radical (unpaired) electrons. The summed E-state index contributed by atoms with van der Waals surface area (Å²) in [7, 11) is 3.33. The second kappa shape index (κ2) is 3.15. The lowest BCUT2D eigenvalue weighted by molar-refractivity contribution is -0.0883. The Morgan fingerprint density at radius 2 is 2.11 bits per heavy atom. The van der Waals surface area contributed by atoms with Crippen molar-refractivity contribution in [2.24, 2.45) is 0 Å². The van der Waals surface area contributed by atoms with Crippen molar-refractivity contribution < 1.29 is 14.2 Å². The molecule has 2 atom stereocenters. The zero-order valence-electron chi connectivity index (χ0n) is 5.79. The van der Waals surface area contributed by atoms with Crippen LogP contribution in [0.5, 0.6) is 0 Å². The van der Waals surface area contributed by atoms with E-state index in [9.17, 15) is 0 Å². The average molecular weight is 132 g/mol. The predicted octanol–water partition coefficient (Wildman–Crippen LogP) is 0.394. The van der Waals surface area contributed by atoms with E-state index in [2.05, 4.69) is 0 Å². The van der Waals surface area contributed by atoms with E-state index in [1.807, 2.05) is 0 Å². The molecular weight excluding hydrogens is 120 g/mol. The summed E-state index contributed by atoms with van der Waals surface area (Å²) in [6.45, 7) is 0.662. The minimum atomic E-state index is -0.0463. The molecule has 1 aliphatic rings. The number of hydrogen-bond acceptors (Lipinski definition) is 3. The second-order valence-corrected chi connectivity index (χ2v) is 2.09. The Bertz CT molecular complexity index is 74.4. The molecule has 1 heterocycles. The summed E-state index contributed by atoms with van der Waals surface area (Å²) >= 11 is 0. The van der Waals surface area contributed by atoms with Crippen LogP contribution in [0, 0.1) is 0 Å². The molecule has 3 nitrogen and oxygen atoms in total. The number of rotatable bonds is 2. The van der Waals surface area contributed by atoms with Crippen LogP contribution in [0.3, 0.4) is 0 Å². The zero-order valence-corrected chi connectivity index (χ0v) is 5.79. The maximum atomic E-state index is 5.16. The fraction of sp³-hybridized carbons (Fsp3) is 1.00. The molecule has 0 saturated carbocycles. The van der Waals surface area contributed by atoms with Gasteiger partial charge in [0.15, 0.2) is 6.29 Å². The minimum absolute atomic E-state index is 0.0463. The van der Waals surface area contributed by atoms with Gasteiger partial charge in [0.25, 0.3) is 0 Å². The van der Waals surface area contributed by atoms with Gasteiger partial charge in [0.2, 0.25) is 0 Å². The Morgan fingerprint density at radius 1 is 1.33 bits per heavy atom. The van der Waals surface area contributed by atoms with Crippen LogP contribution in [0.15, 0.2) is 0 Å². The largest absolute Gasteiger partial charge is 0.379 e. The van der Waals surface area contributed by atoms with Crippen molar-refractivity contribution in [3.05, 3.63) is 0 Å². The fourth-order valence-electron chi connectivity index (χ4n) is 0.894. The summed E-state index contributed by atoms with van der Waals surface area (Å²) < 4.78 is 15.1. The zero-order chi connectivity index (χ0) is 6.69. The highest BCUT2D eigenvalue weighted by Gasteiger charge is 2.24. The van der Waals surface area contributed by atoms with E-state index in [0.717, 1.165) is 6.42 Å². The van der Waals surface area contributed by atoms with Crippen molar-refractivity contribution in [3.8, 4) is 0 Å². The maximum Gasteiger partial charge on any atom is 0.159 e. The first-order valence-corrected chi connectivity index (χ1v) is 3.04. The van der Waals surface area contributed by atoms with Crippen molar-refractivity contribution >= 4 is 0 Å². The van der Waals surface area contributed by atoms with Gasteiger partial charge in [-0.1, -0.05) is 0 Å². The molecule has 1 unspecified atom stereocenters. The van der Waals surface area contributed by atoms with Crippen LogP contribution >= 0.6 is 0 Å². The molecule has 1 aliphatic heterocycles. The van der Waals surface area contributed by atoms with Crippen LogP contribution in [-0.4, -0.2) is 33.2 Å². The Hall–Kier alpha value is -0.120. The van der Waals surface area contributed by atoms with Crippen LogP contribution in [-0.2, 0) is 14.2 Å². The number of methoxy groups -OCH3 is 2. The first kappa shape index (κ1) is 6.99. The molecule has 0 amide bonds.